The maximum absolute atomic E-state index is 4.70. The zero-order valence-corrected chi connectivity index (χ0v) is 9.76. The largest absolute Gasteiger partial charge is 0.287 e. The average molecular weight is 228 g/mol. The van der Waals surface area contributed by atoms with Crippen LogP contribution in [0.15, 0.2) is 24.3 Å². The highest BCUT2D eigenvalue weighted by molar-refractivity contribution is 7.17. The molecular weight excluding hydrogens is 216 g/mol. The highest BCUT2D eigenvalue weighted by Gasteiger charge is 2.18. The number of benzene rings is 1. The molecular formula is C13H12N2S. The number of fused-ring (bicyclic) bond motifs is 5. The summed E-state index contributed by atoms with van der Waals surface area (Å²) in [6.07, 6.45) is 5.13. The molecule has 0 aliphatic heterocycles. The fraction of sp³-hybridized carbons (Fsp3) is 0.308. The highest BCUT2D eigenvalue weighted by atomic mass is 32.1. The Hall–Kier alpha value is -1.35. The van der Waals surface area contributed by atoms with E-state index in [1.165, 1.54) is 41.9 Å². The molecule has 0 saturated carbocycles. The van der Waals surface area contributed by atoms with Gasteiger partial charge in [-0.05, 0) is 37.8 Å². The van der Waals surface area contributed by atoms with E-state index in [0.717, 1.165) is 5.52 Å². The van der Waals surface area contributed by atoms with Crippen molar-refractivity contribution in [3.8, 4) is 0 Å². The van der Waals surface area contributed by atoms with Gasteiger partial charge in [-0.25, -0.2) is 4.98 Å². The first-order chi connectivity index (χ1) is 7.93. The zero-order chi connectivity index (χ0) is 10.5. The summed E-state index contributed by atoms with van der Waals surface area (Å²) in [7, 11) is 0. The molecule has 1 aliphatic rings. The summed E-state index contributed by atoms with van der Waals surface area (Å²) < 4.78 is 2.37. The SMILES string of the molecule is c1ccc2c(c1)nc1sc3c(n12)CCCC3. The van der Waals surface area contributed by atoms with E-state index in [4.69, 9.17) is 4.98 Å². The molecule has 0 bridgehead atoms. The molecule has 2 nitrogen and oxygen atoms in total. The van der Waals surface area contributed by atoms with Gasteiger partial charge in [-0.1, -0.05) is 12.1 Å². The molecule has 16 heavy (non-hydrogen) atoms. The fourth-order valence-corrected chi connectivity index (χ4v) is 3.87. The number of imidazole rings is 1. The van der Waals surface area contributed by atoms with Crippen LogP contribution in [-0.2, 0) is 12.8 Å². The van der Waals surface area contributed by atoms with Crippen molar-refractivity contribution >= 4 is 27.3 Å². The van der Waals surface area contributed by atoms with E-state index in [-0.39, 0.29) is 0 Å². The summed E-state index contributed by atoms with van der Waals surface area (Å²) in [6.45, 7) is 0. The van der Waals surface area contributed by atoms with Crippen LogP contribution in [0, 0.1) is 0 Å². The van der Waals surface area contributed by atoms with Gasteiger partial charge < -0.3 is 0 Å². The Morgan fingerprint density at radius 3 is 3.00 bits per heavy atom. The molecule has 3 heteroatoms. The summed E-state index contributed by atoms with van der Waals surface area (Å²) in [5.41, 5.74) is 3.92. The number of rotatable bonds is 0. The monoisotopic (exact) mass is 228 g/mol. The molecule has 0 unspecified atom stereocenters. The van der Waals surface area contributed by atoms with E-state index in [9.17, 15) is 0 Å². The standard InChI is InChI=1S/C13H12N2S/c1-2-6-10-9(5-1)14-13-15(10)11-7-3-4-8-12(11)16-13/h1-2,5-6H,3-4,7-8H2. The van der Waals surface area contributed by atoms with Crippen molar-refractivity contribution in [1.29, 1.82) is 0 Å². The van der Waals surface area contributed by atoms with Gasteiger partial charge in [-0.15, -0.1) is 11.3 Å². The molecule has 1 aromatic carbocycles. The molecule has 0 spiro atoms. The Kier molecular flexibility index (Phi) is 1.68. The smallest absolute Gasteiger partial charge is 0.195 e. The van der Waals surface area contributed by atoms with Crippen molar-refractivity contribution in [2.75, 3.05) is 0 Å². The molecule has 0 fully saturated rings. The lowest BCUT2D eigenvalue weighted by Crippen LogP contribution is -2.02. The van der Waals surface area contributed by atoms with Crippen LogP contribution in [0.3, 0.4) is 0 Å². The predicted octanol–water partition coefficient (Wildman–Crippen LogP) is 3.43. The quantitative estimate of drug-likeness (QED) is 0.576. The molecule has 1 aliphatic carbocycles. The number of thiazole rings is 1. The van der Waals surface area contributed by atoms with Crippen molar-refractivity contribution in [2.45, 2.75) is 25.7 Å². The van der Waals surface area contributed by atoms with Crippen molar-refractivity contribution in [2.24, 2.45) is 0 Å². The van der Waals surface area contributed by atoms with Gasteiger partial charge >= 0.3 is 0 Å². The molecule has 0 atom stereocenters. The first-order valence-electron chi connectivity index (χ1n) is 5.81. The van der Waals surface area contributed by atoms with Gasteiger partial charge in [-0.3, -0.25) is 4.40 Å². The lowest BCUT2D eigenvalue weighted by Gasteiger charge is -2.10. The summed E-state index contributed by atoms with van der Waals surface area (Å²) in [6, 6.07) is 8.44. The van der Waals surface area contributed by atoms with Gasteiger partial charge in [-0.2, -0.15) is 0 Å². The number of aryl methyl sites for hydroxylation is 2. The molecule has 80 valence electrons. The highest BCUT2D eigenvalue weighted by Crippen LogP contribution is 2.32. The maximum Gasteiger partial charge on any atom is 0.195 e. The Morgan fingerprint density at radius 2 is 2.00 bits per heavy atom. The molecule has 2 heterocycles. The number of nitrogens with zero attached hydrogens (tertiary/aromatic N) is 2. The zero-order valence-electron chi connectivity index (χ0n) is 8.94. The van der Waals surface area contributed by atoms with Crippen LogP contribution in [0.4, 0.5) is 0 Å². The maximum atomic E-state index is 4.70. The molecule has 4 rings (SSSR count). The van der Waals surface area contributed by atoms with Crippen molar-refractivity contribution in [3.63, 3.8) is 0 Å². The molecule has 0 saturated heterocycles. The van der Waals surface area contributed by atoms with Crippen LogP contribution in [-0.4, -0.2) is 9.38 Å². The van der Waals surface area contributed by atoms with Crippen molar-refractivity contribution < 1.29 is 0 Å². The van der Waals surface area contributed by atoms with Crippen molar-refractivity contribution in [3.05, 3.63) is 34.8 Å². The summed E-state index contributed by atoms with van der Waals surface area (Å²) in [5, 5.41) is 0. The van der Waals surface area contributed by atoms with Crippen LogP contribution in [0.25, 0.3) is 16.0 Å². The van der Waals surface area contributed by atoms with Crippen LogP contribution in [0.2, 0.25) is 0 Å². The Bertz CT molecular complexity index is 678. The van der Waals surface area contributed by atoms with E-state index in [1.54, 1.807) is 4.88 Å². The van der Waals surface area contributed by atoms with E-state index in [1.807, 2.05) is 11.3 Å². The van der Waals surface area contributed by atoms with Gasteiger partial charge in [0.25, 0.3) is 0 Å². The van der Waals surface area contributed by atoms with E-state index < -0.39 is 0 Å². The number of hydrogen-bond donors (Lipinski definition) is 0. The summed E-state index contributed by atoms with van der Waals surface area (Å²) >= 11 is 1.88. The first kappa shape index (κ1) is 8.76. The first-order valence-corrected chi connectivity index (χ1v) is 6.63. The van der Waals surface area contributed by atoms with Gasteiger partial charge in [0, 0.05) is 10.6 Å². The van der Waals surface area contributed by atoms with Crippen LogP contribution < -0.4 is 0 Å². The Balaban J connectivity index is 2.18. The second-order valence-electron chi connectivity index (χ2n) is 4.40. The second-order valence-corrected chi connectivity index (χ2v) is 5.46. The lowest BCUT2D eigenvalue weighted by atomic mass is 10.0. The average Bonchev–Trinajstić information content (AvgIpc) is 2.83. The van der Waals surface area contributed by atoms with E-state index in [0.29, 0.717) is 0 Å². The van der Waals surface area contributed by atoms with Crippen LogP contribution >= 0.6 is 11.3 Å². The number of hydrogen-bond acceptors (Lipinski definition) is 2. The third kappa shape index (κ3) is 1.04. The molecule has 0 amide bonds. The minimum atomic E-state index is 1.13. The molecule has 0 radical (unpaired) electrons. The molecule has 3 aromatic rings. The normalized spacial score (nSPS) is 15.8. The lowest BCUT2D eigenvalue weighted by molar-refractivity contribution is 0.677. The fourth-order valence-electron chi connectivity index (χ4n) is 2.65. The molecule has 2 aromatic heterocycles. The van der Waals surface area contributed by atoms with E-state index in [2.05, 4.69) is 28.7 Å². The van der Waals surface area contributed by atoms with Crippen LogP contribution in [0.1, 0.15) is 23.4 Å². The topological polar surface area (TPSA) is 17.3 Å². The minimum Gasteiger partial charge on any atom is -0.287 e. The van der Waals surface area contributed by atoms with Gasteiger partial charge in [0.2, 0.25) is 0 Å². The van der Waals surface area contributed by atoms with Gasteiger partial charge in [0.05, 0.1) is 11.0 Å². The van der Waals surface area contributed by atoms with Gasteiger partial charge in [0.15, 0.2) is 4.96 Å². The summed E-state index contributed by atoms with van der Waals surface area (Å²) in [5.74, 6) is 0. The summed E-state index contributed by atoms with van der Waals surface area (Å²) in [4.78, 5) is 7.43. The van der Waals surface area contributed by atoms with E-state index >= 15 is 0 Å². The van der Waals surface area contributed by atoms with Crippen molar-refractivity contribution in [1.82, 2.24) is 9.38 Å². The third-order valence-corrected chi connectivity index (χ3v) is 4.55. The van der Waals surface area contributed by atoms with Crippen LogP contribution in [0.5, 0.6) is 0 Å². The minimum absolute atomic E-state index is 1.13. The van der Waals surface area contributed by atoms with Gasteiger partial charge in [0.1, 0.15) is 0 Å². The Morgan fingerprint density at radius 1 is 1.12 bits per heavy atom. The third-order valence-electron chi connectivity index (χ3n) is 3.40. The second kappa shape index (κ2) is 3.08. The number of para-hydroxylation sites is 2. The molecule has 0 N–H and O–H groups in total. The Labute approximate surface area is 97.5 Å². The predicted molar refractivity (Wildman–Crippen MR) is 67.2 cm³/mol. The number of aromatic nitrogens is 2.